The number of hydrogen-bond donors (Lipinski definition) is 2. The molecule has 1 atom stereocenters. The maximum absolute atomic E-state index is 11.8. The summed E-state index contributed by atoms with van der Waals surface area (Å²) in [5, 5.41) is 3.87. The van der Waals surface area contributed by atoms with Crippen molar-refractivity contribution in [2.24, 2.45) is 5.92 Å². The Morgan fingerprint density at radius 2 is 2.25 bits per heavy atom. The van der Waals surface area contributed by atoms with Crippen molar-refractivity contribution >= 4 is 38.3 Å². The van der Waals surface area contributed by atoms with E-state index in [2.05, 4.69) is 24.1 Å². The van der Waals surface area contributed by atoms with Crippen molar-refractivity contribution in [3.05, 3.63) is 18.2 Å². The predicted octanol–water partition coefficient (Wildman–Crippen LogP) is 2.88. The van der Waals surface area contributed by atoms with Crippen molar-refractivity contribution in [1.29, 1.82) is 0 Å². The Hall–Kier alpha value is -1.82. The minimum atomic E-state index is -0.377. The maximum Gasteiger partial charge on any atom is 0.328 e. The van der Waals surface area contributed by atoms with Gasteiger partial charge in [0, 0.05) is 5.69 Å². The number of hydrogen-bond acceptors (Lipinski definition) is 6. The fourth-order valence-corrected chi connectivity index (χ4v) is 2.95. The molecule has 1 heterocycles. The molecule has 0 saturated carbocycles. The summed E-state index contributed by atoms with van der Waals surface area (Å²) in [7, 11) is 1.40. The summed E-state index contributed by atoms with van der Waals surface area (Å²) in [5.41, 5.74) is 7.34. The average molecular weight is 293 g/mol. The molecule has 0 radical (unpaired) electrons. The smallest absolute Gasteiger partial charge is 0.328 e. The fourth-order valence-electron chi connectivity index (χ4n) is 1.98. The molecule has 0 aliphatic carbocycles. The third-order valence-electron chi connectivity index (χ3n) is 2.90. The fraction of sp³-hybridized carbons (Fsp3) is 0.429. The first kappa shape index (κ1) is 14.6. The van der Waals surface area contributed by atoms with Gasteiger partial charge in [-0.1, -0.05) is 25.2 Å². The van der Waals surface area contributed by atoms with Gasteiger partial charge in [0.1, 0.15) is 6.04 Å². The maximum atomic E-state index is 11.8. The van der Waals surface area contributed by atoms with E-state index in [1.807, 2.05) is 18.2 Å². The number of carbonyl (C=O) groups excluding carboxylic acids is 1. The van der Waals surface area contributed by atoms with Crippen LogP contribution >= 0.6 is 11.3 Å². The number of benzene rings is 1. The number of thiazole rings is 1. The van der Waals surface area contributed by atoms with Crippen LogP contribution in [0.3, 0.4) is 0 Å². The number of nitrogens with one attached hydrogen (secondary N) is 1. The van der Waals surface area contributed by atoms with E-state index in [-0.39, 0.29) is 12.0 Å². The molecule has 0 saturated heterocycles. The molecule has 0 aliphatic heterocycles. The number of methoxy groups -OCH3 is 1. The zero-order valence-electron chi connectivity index (χ0n) is 11.8. The normalized spacial score (nSPS) is 12.6. The quantitative estimate of drug-likeness (QED) is 0.654. The van der Waals surface area contributed by atoms with Gasteiger partial charge < -0.3 is 15.8 Å². The lowest BCUT2D eigenvalue weighted by Crippen LogP contribution is -2.32. The van der Waals surface area contributed by atoms with Gasteiger partial charge in [-0.05, 0) is 30.5 Å². The highest BCUT2D eigenvalue weighted by Crippen LogP contribution is 2.28. The van der Waals surface area contributed by atoms with E-state index < -0.39 is 0 Å². The van der Waals surface area contributed by atoms with Crippen LogP contribution in [0.1, 0.15) is 20.3 Å². The van der Waals surface area contributed by atoms with Gasteiger partial charge in [-0.3, -0.25) is 0 Å². The Morgan fingerprint density at radius 3 is 2.90 bits per heavy atom. The lowest BCUT2D eigenvalue weighted by atomic mass is 10.0. The highest BCUT2D eigenvalue weighted by atomic mass is 32.1. The molecule has 0 amide bonds. The van der Waals surface area contributed by atoms with Crippen LogP contribution in [0.15, 0.2) is 18.2 Å². The molecule has 0 fully saturated rings. The number of rotatable bonds is 5. The first-order valence-electron chi connectivity index (χ1n) is 6.50. The third kappa shape index (κ3) is 3.39. The minimum absolute atomic E-state index is 0.266. The van der Waals surface area contributed by atoms with Crippen molar-refractivity contribution in [3.8, 4) is 0 Å². The number of aromatic nitrogens is 1. The molecule has 3 N–H and O–H groups in total. The molecule has 0 aliphatic rings. The van der Waals surface area contributed by atoms with E-state index >= 15 is 0 Å². The van der Waals surface area contributed by atoms with Crippen molar-refractivity contribution in [1.82, 2.24) is 4.98 Å². The summed E-state index contributed by atoms with van der Waals surface area (Å²) in [6.07, 6.45) is 0.699. The summed E-state index contributed by atoms with van der Waals surface area (Å²) in [6.45, 7) is 4.13. The number of nitrogen functional groups attached to an aromatic ring is 1. The molecule has 20 heavy (non-hydrogen) atoms. The van der Waals surface area contributed by atoms with E-state index in [0.29, 0.717) is 23.2 Å². The van der Waals surface area contributed by atoms with Crippen molar-refractivity contribution in [2.75, 3.05) is 18.2 Å². The van der Waals surface area contributed by atoms with Crippen LogP contribution in [0, 0.1) is 5.92 Å². The molecule has 2 aromatic rings. The van der Waals surface area contributed by atoms with Gasteiger partial charge >= 0.3 is 5.97 Å². The molecule has 2 rings (SSSR count). The number of nitrogens with two attached hydrogens (primary N) is 1. The van der Waals surface area contributed by atoms with Crippen molar-refractivity contribution < 1.29 is 9.53 Å². The molecule has 0 spiro atoms. The first-order valence-corrected chi connectivity index (χ1v) is 7.31. The standard InChI is InChI=1S/C14H19N3O2S/c1-8(2)6-11(13(18)19-3)17-14-16-10-5-4-9(15)7-12(10)20-14/h4-5,7-8,11H,6,15H2,1-3H3,(H,16,17). The Labute approximate surface area is 122 Å². The topological polar surface area (TPSA) is 77.2 Å². The van der Waals surface area contributed by atoms with E-state index in [1.54, 1.807) is 0 Å². The molecule has 5 nitrogen and oxygen atoms in total. The summed E-state index contributed by atoms with van der Waals surface area (Å²) in [4.78, 5) is 16.3. The predicted molar refractivity (Wildman–Crippen MR) is 82.9 cm³/mol. The molecule has 1 unspecified atom stereocenters. The number of carbonyl (C=O) groups is 1. The number of fused-ring (bicyclic) bond motifs is 1. The second kappa shape index (κ2) is 6.09. The van der Waals surface area contributed by atoms with Crippen LogP contribution in [0.5, 0.6) is 0 Å². The monoisotopic (exact) mass is 293 g/mol. The molecule has 1 aromatic carbocycles. The van der Waals surface area contributed by atoms with Gasteiger partial charge in [0.25, 0.3) is 0 Å². The van der Waals surface area contributed by atoms with Crippen LogP contribution in [0.25, 0.3) is 10.2 Å². The number of nitrogens with zero attached hydrogens (tertiary/aromatic N) is 1. The summed E-state index contributed by atoms with van der Waals surface area (Å²) < 4.78 is 5.83. The van der Waals surface area contributed by atoms with Crippen LogP contribution in [0.2, 0.25) is 0 Å². The Bertz CT molecular complexity index is 609. The van der Waals surface area contributed by atoms with Gasteiger partial charge in [-0.15, -0.1) is 0 Å². The largest absolute Gasteiger partial charge is 0.467 e. The molecular weight excluding hydrogens is 274 g/mol. The molecule has 1 aromatic heterocycles. The highest BCUT2D eigenvalue weighted by Gasteiger charge is 2.21. The van der Waals surface area contributed by atoms with Crippen molar-refractivity contribution in [3.63, 3.8) is 0 Å². The highest BCUT2D eigenvalue weighted by molar-refractivity contribution is 7.22. The van der Waals surface area contributed by atoms with Crippen LogP contribution < -0.4 is 11.1 Å². The lowest BCUT2D eigenvalue weighted by Gasteiger charge is -2.17. The van der Waals surface area contributed by atoms with Crippen LogP contribution in [-0.2, 0) is 9.53 Å². The van der Waals surface area contributed by atoms with Gasteiger partial charge in [0.15, 0.2) is 5.13 Å². The van der Waals surface area contributed by atoms with E-state index in [9.17, 15) is 4.79 Å². The molecule has 6 heteroatoms. The van der Waals surface area contributed by atoms with Crippen molar-refractivity contribution in [2.45, 2.75) is 26.3 Å². The van der Waals surface area contributed by atoms with E-state index in [4.69, 9.17) is 10.5 Å². The molecular formula is C14H19N3O2S. The lowest BCUT2D eigenvalue weighted by molar-refractivity contribution is -0.141. The zero-order chi connectivity index (χ0) is 14.7. The third-order valence-corrected chi connectivity index (χ3v) is 3.85. The SMILES string of the molecule is COC(=O)C(CC(C)C)Nc1nc2ccc(N)cc2s1. The van der Waals surface area contributed by atoms with Gasteiger partial charge in [0.2, 0.25) is 0 Å². The number of ether oxygens (including phenoxy) is 1. The second-order valence-electron chi connectivity index (χ2n) is 5.10. The average Bonchev–Trinajstić information content (AvgIpc) is 2.77. The Kier molecular flexibility index (Phi) is 4.44. The first-order chi connectivity index (χ1) is 9.49. The molecule has 0 bridgehead atoms. The number of esters is 1. The minimum Gasteiger partial charge on any atom is -0.467 e. The van der Waals surface area contributed by atoms with Crippen LogP contribution in [0.4, 0.5) is 10.8 Å². The molecule has 108 valence electrons. The van der Waals surface area contributed by atoms with Gasteiger partial charge in [0.05, 0.1) is 17.3 Å². The van der Waals surface area contributed by atoms with E-state index in [1.165, 1.54) is 18.4 Å². The van der Waals surface area contributed by atoms with Gasteiger partial charge in [-0.2, -0.15) is 0 Å². The van der Waals surface area contributed by atoms with E-state index in [0.717, 1.165) is 10.2 Å². The summed E-state index contributed by atoms with van der Waals surface area (Å²) >= 11 is 1.48. The summed E-state index contributed by atoms with van der Waals surface area (Å²) in [5.74, 6) is 0.120. The zero-order valence-corrected chi connectivity index (χ0v) is 12.7. The Morgan fingerprint density at radius 1 is 1.50 bits per heavy atom. The Balaban J connectivity index is 2.21. The number of anilines is 2. The summed E-state index contributed by atoms with van der Waals surface area (Å²) in [6, 6.07) is 5.20. The second-order valence-corrected chi connectivity index (χ2v) is 6.13. The van der Waals surface area contributed by atoms with Crippen LogP contribution in [-0.4, -0.2) is 24.1 Å². The van der Waals surface area contributed by atoms with Gasteiger partial charge in [-0.25, -0.2) is 9.78 Å².